The topological polar surface area (TPSA) is 75.3 Å². The monoisotopic (exact) mass is 418 g/mol. The molecule has 1 fully saturated rings. The fraction of sp³-hybridized carbons (Fsp3) is 0.235. The molecule has 5 nitrogen and oxygen atoms in total. The summed E-state index contributed by atoms with van der Waals surface area (Å²) >= 11 is 5.54. The van der Waals surface area contributed by atoms with E-state index in [2.05, 4.69) is 10.0 Å². The van der Waals surface area contributed by atoms with Crippen LogP contribution in [0.4, 0.5) is 18.9 Å². The molecule has 144 valence electrons. The highest BCUT2D eigenvalue weighted by Gasteiger charge is 2.33. The molecule has 2 aromatic rings. The first-order valence-corrected chi connectivity index (χ1v) is 9.73. The van der Waals surface area contributed by atoms with Gasteiger partial charge >= 0.3 is 6.18 Å². The van der Waals surface area contributed by atoms with Crippen molar-refractivity contribution >= 4 is 33.2 Å². The smallest absolute Gasteiger partial charge is 0.322 e. The van der Waals surface area contributed by atoms with Crippen LogP contribution in [-0.2, 0) is 16.2 Å². The molecule has 1 aliphatic carbocycles. The van der Waals surface area contributed by atoms with Crippen molar-refractivity contribution in [3.63, 3.8) is 0 Å². The third-order valence-corrected chi connectivity index (χ3v) is 5.72. The minimum atomic E-state index is -4.65. The molecular formula is C17H14ClF3N2O3S. The fourth-order valence-corrected chi connectivity index (χ4v) is 3.83. The fourth-order valence-electron chi connectivity index (χ4n) is 2.30. The number of rotatable bonds is 5. The molecule has 0 heterocycles. The Labute approximate surface area is 158 Å². The normalized spacial score (nSPS) is 14.8. The summed E-state index contributed by atoms with van der Waals surface area (Å²) in [5, 5.41) is 1.86. The van der Waals surface area contributed by atoms with Gasteiger partial charge < -0.3 is 5.32 Å². The molecule has 0 bridgehead atoms. The van der Waals surface area contributed by atoms with Gasteiger partial charge in [-0.2, -0.15) is 13.2 Å². The molecule has 27 heavy (non-hydrogen) atoms. The quantitative estimate of drug-likeness (QED) is 0.769. The average molecular weight is 419 g/mol. The van der Waals surface area contributed by atoms with Crippen molar-refractivity contribution in [1.82, 2.24) is 4.72 Å². The van der Waals surface area contributed by atoms with Crippen LogP contribution in [0.15, 0.2) is 47.4 Å². The van der Waals surface area contributed by atoms with Crippen LogP contribution in [0.5, 0.6) is 0 Å². The third-order valence-electron chi connectivity index (χ3n) is 3.86. The second kappa shape index (κ2) is 7.14. The van der Waals surface area contributed by atoms with E-state index in [0.29, 0.717) is 0 Å². The second-order valence-corrected chi connectivity index (χ2v) is 8.19. The van der Waals surface area contributed by atoms with E-state index in [1.807, 2.05) is 0 Å². The lowest BCUT2D eigenvalue weighted by Crippen LogP contribution is -2.25. The lowest BCUT2D eigenvalue weighted by atomic mass is 10.1. The van der Waals surface area contributed by atoms with Crippen molar-refractivity contribution < 1.29 is 26.4 Å². The molecule has 0 unspecified atom stereocenters. The first-order valence-electron chi connectivity index (χ1n) is 7.87. The molecule has 3 rings (SSSR count). The number of anilines is 1. The molecule has 0 saturated heterocycles. The number of carbonyl (C=O) groups is 1. The Morgan fingerprint density at radius 3 is 2.26 bits per heavy atom. The van der Waals surface area contributed by atoms with Crippen molar-refractivity contribution in [2.75, 3.05) is 5.32 Å². The molecular weight excluding hydrogens is 405 g/mol. The van der Waals surface area contributed by atoms with Crippen LogP contribution in [0.1, 0.15) is 28.8 Å². The number of alkyl halides is 3. The largest absolute Gasteiger partial charge is 0.417 e. The van der Waals surface area contributed by atoms with Gasteiger partial charge in [0.25, 0.3) is 5.91 Å². The Morgan fingerprint density at radius 1 is 1.07 bits per heavy atom. The van der Waals surface area contributed by atoms with Gasteiger partial charge in [0.2, 0.25) is 10.0 Å². The maximum absolute atomic E-state index is 12.9. The number of hydrogen-bond acceptors (Lipinski definition) is 3. The summed E-state index contributed by atoms with van der Waals surface area (Å²) in [7, 11) is -3.65. The molecule has 0 atom stereocenters. The van der Waals surface area contributed by atoms with Gasteiger partial charge in [0, 0.05) is 17.3 Å². The first-order chi connectivity index (χ1) is 12.6. The Morgan fingerprint density at radius 2 is 1.70 bits per heavy atom. The van der Waals surface area contributed by atoms with E-state index in [1.165, 1.54) is 30.3 Å². The molecule has 0 radical (unpaired) electrons. The van der Waals surface area contributed by atoms with Crippen LogP contribution >= 0.6 is 11.6 Å². The first kappa shape index (κ1) is 19.7. The number of sulfonamides is 1. The maximum Gasteiger partial charge on any atom is 0.417 e. The van der Waals surface area contributed by atoms with Crippen LogP contribution in [-0.4, -0.2) is 20.4 Å². The summed E-state index contributed by atoms with van der Waals surface area (Å²) in [5.41, 5.74) is -1.04. The zero-order valence-corrected chi connectivity index (χ0v) is 15.3. The summed E-state index contributed by atoms with van der Waals surface area (Å²) in [6.45, 7) is 0. The minimum absolute atomic E-state index is 0.0109. The zero-order chi connectivity index (χ0) is 19.8. The molecule has 10 heteroatoms. The lowest BCUT2D eigenvalue weighted by Gasteiger charge is -2.12. The number of hydrogen-bond donors (Lipinski definition) is 2. The molecule has 2 N–H and O–H groups in total. The summed E-state index contributed by atoms with van der Waals surface area (Å²) in [5.74, 6) is -0.676. The van der Waals surface area contributed by atoms with Gasteiger partial charge in [-0.15, -0.1) is 0 Å². The maximum atomic E-state index is 12.9. The number of carbonyl (C=O) groups excluding carboxylic acids is 1. The highest BCUT2D eigenvalue weighted by atomic mass is 35.5. The van der Waals surface area contributed by atoms with E-state index in [-0.39, 0.29) is 22.2 Å². The number of benzene rings is 2. The number of nitrogens with one attached hydrogen (secondary N) is 2. The van der Waals surface area contributed by atoms with Crippen LogP contribution < -0.4 is 10.0 Å². The Balaban J connectivity index is 1.75. The van der Waals surface area contributed by atoms with E-state index in [0.717, 1.165) is 25.0 Å². The summed E-state index contributed by atoms with van der Waals surface area (Å²) in [6, 6.07) is 8.08. The van der Waals surface area contributed by atoms with E-state index in [9.17, 15) is 26.4 Å². The Hall–Kier alpha value is -2.10. The van der Waals surface area contributed by atoms with Crippen molar-refractivity contribution in [3.05, 3.63) is 58.6 Å². The van der Waals surface area contributed by atoms with Crippen molar-refractivity contribution in [2.45, 2.75) is 30.0 Å². The van der Waals surface area contributed by atoms with E-state index in [1.54, 1.807) is 0 Å². The SMILES string of the molecule is O=C(Nc1ccc(Cl)c(C(F)(F)F)c1)c1ccc(S(=O)(=O)NC2CC2)cc1. The molecule has 2 aromatic carbocycles. The van der Waals surface area contributed by atoms with Crippen molar-refractivity contribution in [1.29, 1.82) is 0 Å². The van der Waals surface area contributed by atoms with Gasteiger partial charge in [-0.1, -0.05) is 11.6 Å². The molecule has 0 aliphatic heterocycles. The third kappa shape index (κ3) is 4.79. The van der Waals surface area contributed by atoms with Gasteiger partial charge in [0.1, 0.15) is 0 Å². The van der Waals surface area contributed by atoms with E-state index >= 15 is 0 Å². The highest BCUT2D eigenvalue weighted by molar-refractivity contribution is 7.89. The highest BCUT2D eigenvalue weighted by Crippen LogP contribution is 2.36. The molecule has 0 spiro atoms. The van der Waals surface area contributed by atoms with Gasteiger partial charge in [0.15, 0.2) is 0 Å². The van der Waals surface area contributed by atoms with Crippen LogP contribution in [0.2, 0.25) is 5.02 Å². The minimum Gasteiger partial charge on any atom is -0.322 e. The van der Waals surface area contributed by atoms with Crippen molar-refractivity contribution in [2.24, 2.45) is 0 Å². The Kier molecular flexibility index (Phi) is 5.20. The summed E-state index contributed by atoms with van der Waals surface area (Å²) < 4.78 is 65.3. The summed E-state index contributed by atoms with van der Waals surface area (Å²) in [6.07, 6.45) is -3.07. The van der Waals surface area contributed by atoms with E-state index in [4.69, 9.17) is 11.6 Å². The van der Waals surface area contributed by atoms with Gasteiger partial charge in [-0.3, -0.25) is 4.79 Å². The molecule has 0 aromatic heterocycles. The predicted molar refractivity (Wildman–Crippen MR) is 94.2 cm³/mol. The van der Waals surface area contributed by atoms with E-state index < -0.39 is 32.7 Å². The average Bonchev–Trinajstić information content (AvgIpc) is 3.39. The number of amides is 1. The summed E-state index contributed by atoms with van der Waals surface area (Å²) in [4.78, 5) is 12.2. The zero-order valence-electron chi connectivity index (χ0n) is 13.7. The van der Waals surface area contributed by atoms with Crippen LogP contribution in [0.25, 0.3) is 0 Å². The Bertz CT molecular complexity index is 972. The molecule has 1 aliphatic rings. The lowest BCUT2D eigenvalue weighted by molar-refractivity contribution is -0.137. The molecule has 1 saturated carbocycles. The van der Waals surface area contributed by atoms with Crippen LogP contribution in [0, 0.1) is 0 Å². The van der Waals surface area contributed by atoms with Gasteiger partial charge in [-0.05, 0) is 55.3 Å². The number of halogens is 4. The standard InChI is InChI=1S/C17H14ClF3N2O3S/c18-15-8-5-12(9-14(15)17(19,20)21)22-16(24)10-1-6-13(7-2-10)27(25,26)23-11-3-4-11/h1-2,5-9,11,23H,3-4H2,(H,22,24). The predicted octanol–water partition coefficient (Wildman–Crippen LogP) is 4.05. The van der Waals surface area contributed by atoms with Crippen molar-refractivity contribution in [3.8, 4) is 0 Å². The van der Waals surface area contributed by atoms with Gasteiger partial charge in [0.05, 0.1) is 15.5 Å². The second-order valence-electron chi connectivity index (χ2n) is 6.07. The molecule has 1 amide bonds. The van der Waals surface area contributed by atoms with Crippen LogP contribution in [0.3, 0.4) is 0 Å². The van der Waals surface area contributed by atoms with Gasteiger partial charge in [-0.25, -0.2) is 13.1 Å².